The first-order valence-corrected chi connectivity index (χ1v) is 13.9. The van der Waals surface area contributed by atoms with Crippen LogP contribution in [0.1, 0.15) is 122 Å². The number of allylic oxidation sites excluding steroid dienone is 2. The van der Waals surface area contributed by atoms with Crippen LogP contribution in [0.3, 0.4) is 0 Å². The molecule has 0 aromatic rings. The molecule has 0 aliphatic rings. The predicted molar refractivity (Wildman–Crippen MR) is 138 cm³/mol. The number of unbranched alkanes of at least 4 members (excludes halogenated alkanes) is 13. The Morgan fingerprint density at radius 2 is 1.00 bits per heavy atom. The molecule has 0 amide bonds. The van der Waals surface area contributed by atoms with Crippen LogP contribution < -0.4 is 5.11 Å². The van der Waals surface area contributed by atoms with Crippen LogP contribution in [0.4, 0.5) is 0 Å². The van der Waals surface area contributed by atoms with E-state index in [1.807, 2.05) is 0 Å². The number of quaternary nitrogens is 1. The van der Waals surface area contributed by atoms with Gasteiger partial charge in [0.2, 0.25) is 0 Å². The second kappa shape index (κ2) is 22.6. The number of carbonyl (C=O) groups is 3. The molecule has 2 N–H and O–H groups in total. The lowest BCUT2D eigenvalue weighted by molar-refractivity contribution is -0.927. The van der Waals surface area contributed by atoms with Gasteiger partial charge in [0, 0.05) is 12.4 Å². The summed E-state index contributed by atoms with van der Waals surface area (Å²) < 4.78 is 0.224. The molecule has 0 aliphatic carbocycles. The lowest BCUT2D eigenvalue weighted by atomic mass is 10.0. The first-order valence-electron chi connectivity index (χ1n) is 13.9. The summed E-state index contributed by atoms with van der Waals surface area (Å²) in [4.78, 5) is 33.2. The fourth-order valence-corrected chi connectivity index (χ4v) is 4.60. The van der Waals surface area contributed by atoms with E-state index in [1.165, 1.54) is 70.6 Å². The highest BCUT2D eigenvalue weighted by Gasteiger charge is 2.28. The van der Waals surface area contributed by atoms with Crippen molar-refractivity contribution in [2.75, 3.05) is 26.2 Å². The third-order valence-electron chi connectivity index (χ3n) is 6.80. The van der Waals surface area contributed by atoms with Crippen molar-refractivity contribution in [2.24, 2.45) is 0 Å². The lowest BCUT2D eigenvalue weighted by Gasteiger charge is -2.38. The molecule has 0 aromatic carbocycles. The second-order valence-corrected chi connectivity index (χ2v) is 9.91. The van der Waals surface area contributed by atoms with Gasteiger partial charge in [0.05, 0.1) is 39.0 Å². The average Bonchev–Trinajstić information content (AvgIpc) is 2.81. The molecule has 0 bridgehead atoms. The molecular formula is C28H51NO6. The number of rotatable bonds is 26. The zero-order valence-electron chi connectivity index (χ0n) is 22.2. The molecule has 0 fully saturated rings. The maximum atomic E-state index is 11.1. The standard InChI is InChI=1S/C28H51NO6/c1-2-3-4-5-6-7-8-9-10-11-12-13-14-15-16-17-18-22-29(23-19-26(30)31,24-20-27(32)33)25-21-28(34)35/h3-4H,2,5-25H2,1H3,(H2-,30,31,32,33,34,35)/b4-3+. The second-order valence-electron chi connectivity index (χ2n) is 9.91. The van der Waals surface area contributed by atoms with Crippen molar-refractivity contribution in [1.29, 1.82) is 0 Å². The summed E-state index contributed by atoms with van der Waals surface area (Å²) in [5, 5.41) is 29.2. The zero-order valence-corrected chi connectivity index (χ0v) is 22.2. The monoisotopic (exact) mass is 497 g/mol. The number of carboxylic acid groups (broad SMARTS) is 3. The van der Waals surface area contributed by atoms with Crippen LogP contribution in [-0.4, -0.2) is 58.8 Å². The van der Waals surface area contributed by atoms with E-state index in [9.17, 15) is 19.5 Å². The third-order valence-corrected chi connectivity index (χ3v) is 6.80. The Labute approximate surface area is 213 Å². The van der Waals surface area contributed by atoms with Crippen LogP contribution in [0.2, 0.25) is 0 Å². The fraction of sp³-hybridized carbons (Fsp3) is 0.821. The van der Waals surface area contributed by atoms with E-state index in [-0.39, 0.29) is 43.4 Å². The van der Waals surface area contributed by atoms with Crippen LogP contribution in [-0.2, 0) is 14.4 Å². The number of hydrogen-bond donors (Lipinski definition) is 2. The fourth-order valence-electron chi connectivity index (χ4n) is 4.60. The molecule has 0 radical (unpaired) electrons. The molecule has 0 unspecified atom stereocenters. The molecule has 0 spiro atoms. The van der Waals surface area contributed by atoms with Gasteiger partial charge >= 0.3 is 11.9 Å². The number of aliphatic carboxylic acids is 3. The molecule has 0 aromatic heterocycles. The lowest BCUT2D eigenvalue weighted by Crippen LogP contribution is -2.53. The molecule has 0 saturated heterocycles. The highest BCUT2D eigenvalue weighted by molar-refractivity contribution is 5.67. The molecule has 0 aliphatic heterocycles. The Morgan fingerprint density at radius 3 is 1.40 bits per heavy atom. The van der Waals surface area contributed by atoms with E-state index in [1.54, 1.807) is 0 Å². The molecule has 7 nitrogen and oxygen atoms in total. The third kappa shape index (κ3) is 22.3. The van der Waals surface area contributed by atoms with E-state index in [0.717, 1.165) is 25.7 Å². The van der Waals surface area contributed by atoms with Crippen LogP contribution in [0.5, 0.6) is 0 Å². The van der Waals surface area contributed by atoms with Gasteiger partial charge in [-0.3, -0.25) is 9.59 Å². The number of nitrogens with zero attached hydrogens (tertiary/aromatic N) is 1. The number of carboxylic acids is 3. The van der Waals surface area contributed by atoms with Gasteiger partial charge in [-0.15, -0.1) is 0 Å². The molecule has 7 heteroatoms. The average molecular weight is 498 g/mol. The van der Waals surface area contributed by atoms with Crippen molar-refractivity contribution in [3.05, 3.63) is 12.2 Å². The molecule has 0 heterocycles. The van der Waals surface area contributed by atoms with Gasteiger partial charge in [-0.1, -0.05) is 83.3 Å². The quantitative estimate of drug-likeness (QED) is 0.0949. The van der Waals surface area contributed by atoms with E-state index in [4.69, 9.17) is 10.2 Å². The summed E-state index contributed by atoms with van der Waals surface area (Å²) in [5.41, 5.74) is 0. The summed E-state index contributed by atoms with van der Waals surface area (Å²) >= 11 is 0. The Hall–Kier alpha value is -1.89. The van der Waals surface area contributed by atoms with Crippen LogP contribution in [0, 0.1) is 0 Å². The van der Waals surface area contributed by atoms with E-state index < -0.39 is 17.9 Å². The van der Waals surface area contributed by atoms with Crippen molar-refractivity contribution in [2.45, 2.75) is 122 Å². The first-order chi connectivity index (χ1) is 16.8. The molecule has 0 saturated carbocycles. The largest absolute Gasteiger partial charge is 0.550 e. The van der Waals surface area contributed by atoms with Crippen molar-refractivity contribution in [3.8, 4) is 0 Å². The molecule has 204 valence electrons. The van der Waals surface area contributed by atoms with Crippen molar-refractivity contribution < 1.29 is 34.2 Å². The van der Waals surface area contributed by atoms with Crippen LogP contribution in [0.15, 0.2) is 12.2 Å². The van der Waals surface area contributed by atoms with Gasteiger partial charge in [0.1, 0.15) is 0 Å². The minimum Gasteiger partial charge on any atom is -0.550 e. The summed E-state index contributed by atoms with van der Waals surface area (Å²) in [6.45, 7) is 3.52. The summed E-state index contributed by atoms with van der Waals surface area (Å²) in [6, 6.07) is 0. The zero-order chi connectivity index (χ0) is 26.2. The topological polar surface area (TPSA) is 115 Å². The molecular weight excluding hydrogens is 446 g/mol. The van der Waals surface area contributed by atoms with Gasteiger partial charge in [-0.05, 0) is 32.1 Å². The number of carbonyl (C=O) groups excluding carboxylic acids is 1. The summed E-state index contributed by atoms with van der Waals surface area (Å²) in [7, 11) is 0. The van der Waals surface area contributed by atoms with Gasteiger partial charge in [0.15, 0.2) is 0 Å². The van der Waals surface area contributed by atoms with Crippen molar-refractivity contribution in [1.82, 2.24) is 0 Å². The Morgan fingerprint density at radius 1 is 0.600 bits per heavy atom. The Kier molecular flexibility index (Phi) is 21.3. The Bertz CT molecular complexity index is 544. The maximum absolute atomic E-state index is 11.1. The van der Waals surface area contributed by atoms with Crippen LogP contribution in [0.25, 0.3) is 0 Å². The minimum absolute atomic E-state index is 0.0943. The molecule has 0 atom stereocenters. The highest BCUT2D eigenvalue weighted by atomic mass is 16.4. The van der Waals surface area contributed by atoms with E-state index in [2.05, 4.69) is 19.1 Å². The van der Waals surface area contributed by atoms with Crippen molar-refractivity contribution in [3.63, 3.8) is 0 Å². The van der Waals surface area contributed by atoms with Gasteiger partial charge in [-0.25, -0.2) is 0 Å². The minimum atomic E-state index is -1.18. The number of hydrogen-bond acceptors (Lipinski definition) is 4. The Balaban J connectivity index is 4.01. The normalized spacial score (nSPS) is 11.8. The highest BCUT2D eigenvalue weighted by Crippen LogP contribution is 2.17. The summed E-state index contributed by atoms with van der Waals surface area (Å²) in [5.74, 6) is -3.08. The van der Waals surface area contributed by atoms with E-state index >= 15 is 0 Å². The molecule has 35 heavy (non-hydrogen) atoms. The summed E-state index contributed by atoms with van der Waals surface area (Å²) in [6.07, 6.45) is 22.5. The smallest absolute Gasteiger partial charge is 0.309 e. The van der Waals surface area contributed by atoms with Gasteiger partial charge in [-0.2, -0.15) is 0 Å². The SMILES string of the molecule is CC/C=C/CCCCCCCCCCCCCCC[N+](CCC(=O)[O-])(CCC(=O)O)CCC(=O)O. The van der Waals surface area contributed by atoms with Gasteiger partial charge in [0.25, 0.3) is 0 Å². The first kappa shape index (κ1) is 33.1. The van der Waals surface area contributed by atoms with Gasteiger partial charge < -0.3 is 24.6 Å². The van der Waals surface area contributed by atoms with E-state index in [0.29, 0.717) is 6.54 Å². The van der Waals surface area contributed by atoms with Crippen LogP contribution >= 0.6 is 0 Å². The van der Waals surface area contributed by atoms with Crippen molar-refractivity contribution >= 4 is 17.9 Å². The predicted octanol–water partition coefficient (Wildman–Crippen LogP) is 5.32. The molecule has 0 rings (SSSR count). The maximum Gasteiger partial charge on any atom is 0.309 e.